The highest BCUT2D eigenvalue weighted by Gasteiger charge is 2.30. The van der Waals surface area contributed by atoms with Gasteiger partial charge in [0.05, 0.1) is 22.7 Å². The van der Waals surface area contributed by atoms with Crippen molar-refractivity contribution in [1.29, 1.82) is 0 Å². The molecule has 372 valence electrons. The van der Waals surface area contributed by atoms with E-state index in [1.165, 1.54) is 0 Å². The molecule has 2 fully saturated rings. The normalized spacial score (nSPS) is 14.1. The largest absolute Gasteiger partial charge is 0.444 e. The molecule has 0 saturated carbocycles. The molecule has 4 aromatic heterocycles. The van der Waals surface area contributed by atoms with Crippen LogP contribution in [-0.4, -0.2) is 130 Å². The van der Waals surface area contributed by atoms with Gasteiger partial charge >= 0.3 is 6.09 Å². The number of nitrogens with one attached hydrogen (secondary N) is 3. The van der Waals surface area contributed by atoms with Gasteiger partial charge in [0.25, 0.3) is 11.8 Å². The molecule has 3 amide bonds. The van der Waals surface area contributed by atoms with Crippen LogP contribution in [0.2, 0.25) is 0 Å². The van der Waals surface area contributed by atoms with Gasteiger partial charge in [-0.25, -0.2) is 14.8 Å². The van der Waals surface area contributed by atoms with Gasteiger partial charge in [-0.1, -0.05) is 48.5 Å². The molecule has 2 saturated heterocycles. The Morgan fingerprint density at radius 3 is 1.36 bits per heavy atom. The average molecular weight is 1020 g/mol. The lowest BCUT2D eigenvalue weighted by Crippen LogP contribution is -2.51. The molecule has 0 aliphatic carbocycles. The summed E-state index contributed by atoms with van der Waals surface area (Å²) in [7, 11) is 0. The summed E-state index contributed by atoms with van der Waals surface area (Å²) in [4.78, 5) is 52.8. The summed E-state index contributed by atoms with van der Waals surface area (Å²) in [5, 5.41) is 28.2. The van der Waals surface area contributed by atoms with Gasteiger partial charge in [0.1, 0.15) is 5.60 Å². The van der Waals surface area contributed by atoms with E-state index in [9.17, 15) is 14.4 Å². The highest BCUT2D eigenvalue weighted by molar-refractivity contribution is 5.96. The number of piperazine rings is 2. The second kappa shape index (κ2) is 20.9. The summed E-state index contributed by atoms with van der Waals surface area (Å²) < 4.78 is 9.47. The molecule has 4 aliphatic rings. The molecule has 0 bridgehead atoms. The average Bonchev–Trinajstić information content (AvgIpc) is 3.98. The zero-order chi connectivity index (χ0) is 48.6. The number of halogens is 2. The SMILES string of the molecule is CC(C)(C)OC(=O)N1CCN(C(=O)c2ccc(-c3nnc4n3-c3cccnc3Nc3ccccc3-4)cc2)CC1.Cl.Cl.O=C(c1ccc(-c2nnc3n2-c2cccnc2Nc2ccccc2-3)cc1)N1CCNCC1. The highest BCUT2D eigenvalue weighted by atomic mass is 35.5. The van der Waals surface area contributed by atoms with E-state index in [4.69, 9.17) is 4.74 Å². The fourth-order valence-electron chi connectivity index (χ4n) is 9.10. The molecule has 0 atom stereocenters. The first-order valence-electron chi connectivity index (χ1n) is 23.6. The molecule has 20 heteroatoms. The number of carbonyl (C=O) groups is 3. The number of benzene rings is 4. The van der Waals surface area contributed by atoms with Crippen LogP contribution < -0.4 is 16.0 Å². The number of amides is 3. The van der Waals surface area contributed by atoms with Gasteiger partial charge in [0.15, 0.2) is 34.9 Å². The van der Waals surface area contributed by atoms with E-state index in [2.05, 4.69) is 46.3 Å². The lowest BCUT2D eigenvalue weighted by atomic mass is 10.1. The Morgan fingerprint density at radius 2 is 0.904 bits per heavy atom. The second-order valence-corrected chi connectivity index (χ2v) is 18.4. The van der Waals surface area contributed by atoms with Crippen molar-refractivity contribution in [2.24, 2.45) is 0 Å². The van der Waals surface area contributed by atoms with Gasteiger partial charge < -0.3 is 35.4 Å². The maximum atomic E-state index is 13.2. The molecule has 73 heavy (non-hydrogen) atoms. The van der Waals surface area contributed by atoms with Gasteiger partial charge in [0, 0.05) is 98.1 Å². The Balaban J connectivity index is 0.000000178. The number of carbonyl (C=O) groups excluding carboxylic acids is 3. The summed E-state index contributed by atoms with van der Waals surface area (Å²) in [6, 6.07) is 38.7. The summed E-state index contributed by atoms with van der Waals surface area (Å²) >= 11 is 0. The van der Waals surface area contributed by atoms with Crippen LogP contribution in [-0.2, 0) is 4.74 Å². The number of para-hydroxylation sites is 2. The van der Waals surface area contributed by atoms with Crippen LogP contribution in [0.15, 0.2) is 134 Å². The minimum absolute atomic E-state index is 0. The Morgan fingerprint density at radius 1 is 0.493 bits per heavy atom. The summed E-state index contributed by atoms with van der Waals surface area (Å²) in [5.41, 5.74) is 7.85. The molecule has 3 N–H and O–H groups in total. The van der Waals surface area contributed by atoms with Crippen molar-refractivity contribution in [1.82, 2.24) is 59.5 Å². The first-order chi connectivity index (χ1) is 34.6. The standard InChI is InChI=1S/C29H29N7O3.C24H21N7O.2ClH/c1-29(2,3)39-28(38)35-17-15-34(16-18-35)27(37)20-12-10-19(11-13-20)25-32-33-26-21-7-4-5-8-22(21)31-24-23(36(25)26)9-6-14-30-24;32-24(30-14-12-25-13-15-30)17-9-7-16(8-10-17)22-28-29-23-18-4-1-2-5-19(18)27-21-20(31(22)23)6-3-11-26-21;;/h4-14H,15-18H2,1-3H3,(H,30,31);1-11,25H,12-15H2,(H,26,27);2*1H. The van der Waals surface area contributed by atoms with Gasteiger partial charge in [-0.15, -0.1) is 45.2 Å². The minimum atomic E-state index is -0.549. The van der Waals surface area contributed by atoms with Crippen LogP contribution >= 0.6 is 24.8 Å². The predicted octanol–water partition coefficient (Wildman–Crippen LogP) is 8.69. The number of hydrogen-bond acceptors (Lipinski definition) is 13. The van der Waals surface area contributed by atoms with Crippen LogP contribution in [0.4, 0.5) is 27.8 Å². The lowest BCUT2D eigenvalue weighted by Gasteiger charge is -2.35. The Labute approximate surface area is 433 Å². The maximum Gasteiger partial charge on any atom is 0.410 e. The van der Waals surface area contributed by atoms with Crippen LogP contribution in [0.3, 0.4) is 0 Å². The third-order valence-corrected chi connectivity index (χ3v) is 12.6. The molecule has 0 spiro atoms. The van der Waals surface area contributed by atoms with Gasteiger partial charge in [0.2, 0.25) is 0 Å². The molecule has 8 aromatic rings. The molecule has 0 unspecified atom stereocenters. The first-order valence-corrected chi connectivity index (χ1v) is 23.6. The van der Waals surface area contributed by atoms with Crippen molar-refractivity contribution in [3.63, 3.8) is 0 Å². The number of nitrogens with zero attached hydrogens (tertiary/aromatic N) is 11. The van der Waals surface area contributed by atoms with Crippen molar-refractivity contribution in [2.75, 3.05) is 63.0 Å². The number of aromatic nitrogens is 8. The monoisotopic (exact) mass is 1020 g/mol. The molecule has 12 rings (SSSR count). The molecule has 4 aromatic carbocycles. The minimum Gasteiger partial charge on any atom is -0.444 e. The predicted molar refractivity (Wildman–Crippen MR) is 284 cm³/mol. The number of rotatable bonds is 4. The third-order valence-electron chi connectivity index (χ3n) is 12.6. The van der Waals surface area contributed by atoms with Crippen molar-refractivity contribution in [3.05, 3.63) is 145 Å². The zero-order valence-corrected chi connectivity index (χ0v) is 41.9. The topological polar surface area (TPSA) is 193 Å². The van der Waals surface area contributed by atoms with Gasteiger partial charge in [-0.2, -0.15) is 0 Å². The number of hydrogen-bond donors (Lipinski definition) is 3. The molecular weight excluding hydrogens is 968 g/mol. The van der Waals surface area contributed by atoms with E-state index in [0.717, 1.165) is 82.8 Å². The molecule has 4 aliphatic heterocycles. The summed E-state index contributed by atoms with van der Waals surface area (Å²) in [5.74, 6) is 4.26. The number of anilines is 4. The molecule has 8 heterocycles. The Bertz CT molecular complexity index is 3310. The van der Waals surface area contributed by atoms with Gasteiger partial charge in [-0.3, -0.25) is 18.7 Å². The second-order valence-electron chi connectivity index (χ2n) is 18.4. The van der Waals surface area contributed by atoms with Crippen molar-refractivity contribution < 1.29 is 19.1 Å². The smallest absolute Gasteiger partial charge is 0.410 e. The van der Waals surface area contributed by atoms with Crippen LogP contribution in [0.1, 0.15) is 41.5 Å². The Hall–Kier alpha value is -8.19. The van der Waals surface area contributed by atoms with E-state index in [1.807, 2.05) is 156 Å². The van der Waals surface area contributed by atoms with Gasteiger partial charge in [-0.05, 0) is 93.6 Å². The number of fused-ring (bicyclic) bond motifs is 10. The fourth-order valence-corrected chi connectivity index (χ4v) is 9.10. The molecule has 18 nitrogen and oxygen atoms in total. The number of pyridine rings is 2. The van der Waals surface area contributed by atoms with E-state index < -0.39 is 5.60 Å². The Kier molecular flexibility index (Phi) is 14.2. The fraction of sp³-hybridized carbons (Fsp3) is 0.226. The van der Waals surface area contributed by atoms with Crippen molar-refractivity contribution in [3.8, 4) is 56.9 Å². The van der Waals surface area contributed by atoms with E-state index in [-0.39, 0.29) is 42.7 Å². The van der Waals surface area contributed by atoms with Crippen LogP contribution in [0.25, 0.3) is 56.9 Å². The zero-order valence-electron chi connectivity index (χ0n) is 40.2. The molecule has 0 radical (unpaired) electrons. The summed E-state index contributed by atoms with van der Waals surface area (Å²) in [6.45, 7) is 10.4. The van der Waals surface area contributed by atoms with E-state index >= 15 is 0 Å². The highest BCUT2D eigenvalue weighted by Crippen LogP contribution is 2.41. The first kappa shape index (κ1) is 49.8. The maximum absolute atomic E-state index is 13.2. The van der Waals surface area contributed by atoms with Crippen molar-refractivity contribution in [2.45, 2.75) is 26.4 Å². The van der Waals surface area contributed by atoms with Crippen LogP contribution in [0, 0.1) is 0 Å². The quantitative estimate of drug-likeness (QED) is 0.152. The van der Waals surface area contributed by atoms with E-state index in [0.29, 0.717) is 60.6 Å². The third kappa shape index (κ3) is 9.91. The number of ether oxygens (including phenoxy) is 1. The lowest BCUT2D eigenvalue weighted by molar-refractivity contribution is 0.0141. The molecular formula is C53H52Cl2N14O4. The van der Waals surface area contributed by atoms with Crippen molar-refractivity contribution >= 4 is 65.7 Å². The van der Waals surface area contributed by atoms with Crippen LogP contribution in [0.5, 0.6) is 0 Å². The summed E-state index contributed by atoms with van der Waals surface area (Å²) in [6.07, 6.45) is 3.16. The van der Waals surface area contributed by atoms with E-state index in [1.54, 1.807) is 22.2 Å².